The lowest BCUT2D eigenvalue weighted by molar-refractivity contribution is -0.605. The Labute approximate surface area is 126 Å². The Kier molecular flexibility index (Phi) is 3.54. The summed E-state index contributed by atoms with van der Waals surface area (Å²) < 4.78 is 13.5. The van der Waals surface area contributed by atoms with Gasteiger partial charge in [0.2, 0.25) is 0 Å². The normalized spacial score (nSPS) is 21.1. The van der Waals surface area contributed by atoms with Crippen molar-refractivity contribution in [2.24, 2.45) is 0 Å². The van der Waals surface area contributed by atoms with Crippen LogP contribution in [-0.2, 0) is 5.60 Å². The molecule has 1 saturated heterocycles. The number of β-amino-alcohol motifs (C(OH)–C–C–N with tert-alkyl or cyclic N) is 1. The van der Waals surface area contributed by atoms with Gasteiger partial charge in [-0.05, 0) is 30.2 Å². The maximum absolute atomic E-state index is 13.0. The van der Waals surface area contributed by atoms with Gasteiger partial charge in [-0.25, -0.2) is 4.39 Å². The third-order valence-corrected chi connectivity index (χ3v) is 3.94. The zero-order chi connectivity index (χ0) is 15.7. The molecule has 2 heterocycles. The number of carbonyl (C=O) groups is 1. The molecule has 1 N–H and O–H groups in total. The smallest absolute Gasteiger partial charge is 0.260 e. The van der Waals surface area contributed by atoms with Gasteiger partial charge >= 0.3 is 0 Å². The van der Waals surface area contributed by atoms with E-state index in [0.29, 0.717) is 23.3 Å². The van der Waals surface area contributed by atoms with Crippen molar-refractivity contribution in [3.63, 3.8) is 0 Å². The molecule has 1 atom stereocenters. The van der Waals surface area contributed by atoms with Gasteiger partial charge in [0.15, 0.2) is 12.4 Å². The van der Waals surface area contributed by atoms with Crippen LogP contribution in [0.1, 0.15) is 22.3 Å². The summed E-state index contributed by atoms with van der Waals surface area (Å²) in [5, 5.41) is 21.9. The molecule has 1 fully saturated rings. The lowest BCUT2D eigenvalue weighted by Crippen LogP contribution is -2.36. The van der Waals surface area contributed by atoms with E-state index in [-0.39, 0.29) is 23.8 Å². The van der Waals surface area contributed by atoms with Crippen molar-refractivity contribution in [2.75, 3.05) is 13.1 Å². The fraction of sp³-hybridized carbons (Fsp3) is 0.250. The Morgan fingerprint density at radius 3 is 2.73 bits per heavy atom. The molecule has 0 unspecified atom stereocenters. The molecule has 2 aromatic rings. The largest absolute Gasteiger partial charge is 0.619 e. The molecule has 0 aliphatic carbocycles. The average molecular weight is 302 g/mol. The number of carbonyl (C=O) groups excluding carboxylic acids is 1. The third kappa shape index (κ3) is 2.65. The highest BCUT2D eigenvalue weighted by atomic mass is 19.1. The van der Waals surface area contributed by atoms with Gasteiger partial charge in [-0.1, -0.05) is 12.1 Å². The van der Waals surface area contributed by atoms with E-state index in [1.165, 1.54) is 47.6 Å². The first-order valence-electron chi connectivity index (χ1n) is 6.94. The van der Waals surface area contributed by atoms with Crippen LogP contribution in [0, 0.1) is 11.0 Å². The number of aliphatic hydroxyl groups is 1. The maximum Gasteiger partial charge on any atom is 0.260 e. The lowest BCUT2D eigenvalue weighted by Gasteiger charge is -2.23. The van der Waals surface area contributed by atoms with Crippen LogP contribution in [-0.4, -0.2) is 29.0 Å². The fourth-order valence-electron chi connectivity index (χ4n) is 2.73. The minimum absolute atomic E-state index is 0.116. The predicted molar refractivity (Wildman–Crippen MR) is 76.2 cm³/mol. The highest BCUT2D eigenvalue weighted by molar-refractivity contribution is 5.93. The van der Waals surface area contributed by atoms with Crippen LogP contribution in [0.15, 0.2) is 48.8 Å². The number of aromatic nitrogens is 1. The van der Waals surface area contributed by atoms with Gasteiger partial charge in [0.05, 0.1) is 6.54 Å². The number of hydrogen-bond acceptors (Lipinski definition) is 3. The van der Waals surface area contributed by atoms with E-state index in [9.17, 15) is 19.5 Å². The molecule has 1 aromatic heterocycles. The molecule has 0 bridgehead atoms. The van der Waals surface area contributed by atoms with Crippen LogP contribution < -0.4 is 4.73 Å². The summed E-state index contributed by atoms with van der Waals surface area (Å²) in [7, 11) is 0. The number of nitrogens with zero attached hydrogens (tertiary/aromatic N) is 2. The van der Waals surface area contributed by atoms with Crippen LogP contribution in [0.4, 0.5) is 4.39 Å². The second-order valence-corrected chi connectivity index (χ2v) is 5.47. The van der Waals surface area contributed by atoms with Gasteiger partial charge in [-0.2, -0.15) is 4.73 Å². The van der Waals surface area contributed by atoms with E-state index < -0.39 is 5.60 Å². The molecule has 6 heteroatoms. The molecule has 1 aromatic carbocycles. The molecule has 0 spiro atoms. The number of pyridine rings is 1. The lowest BCUT2D eigenvalue weighted by atomic mass is 9.93. The van der Waals surface area contributed by atoms with E-state index in [1.54, 1.807) is 6.07 Å². The molecule has 1 aliphatic heterocycles. The summed E-state index contributed by atoms with van der Waals surface area (Å²) in [6.45, 7) is 0.492. The maximum atomic E-state index is 13.0. The zero-order valence-electron chi connectivity index (χ0n) is 11.8. The van der Waals surface area contributed by atoms with E-state index >= 15 is 0 Å². The summed E-state index contributed by atoms with van der Waals surface area (Å²) in [6.07, 6.45) is 2.88. The molecule has 0 radical (unpaired) electrons. The van der Waals surface area contributed by atoms with E-state index in [1.807, 2.05) is 0 Å². The average Bonchev–Trinajstić information content (AvgIpc) is 2.91. The fourth-order valence-corrected chi connectivity index (χ4v) is 2.73. The van der Waals surface area contributed by atoms with Gasteiger partial charge < -0.3 is 15.2 Å². The minimum atomic E-state index is -1.19. The first kappa shape index (κ1) is 14.5. The second-order valence-electron chi connectivity index (χ2n) is 5.47. The van der Waals surface area contributed by atoms with E-state index in [4.69, 9.17) is 0 Å². The highest BCUT2D eigenvalue weighted by Gasteiger charge is 2.40. The Morgan fingerprint density at radius 1 is 1.32 bits per heavy atom. The van der Waals surface area contributed by atoms with Crippen molar-refractivity contribution in [2.45, 2.75) is 12.0 Å². The standard InChI is InChI=1S/C16H15FN2O3/c17-14-5-3-13(4-6-14)16(21)7-9-18(11-16)15(20)12-2-1-8-19(22)10-12/h1-6,8,10,21H,7,9,11H2/t16-/m1/s1. The van der Waals surface area contributed by atoms with Gasteiger partial charge in [-0.3, -0.25) is 4.79 Å². The number of amides is 1. The molecule has 114 valence electrons. The first-order chi connectivity index (χ1) is 10.5. The Morgan fingerprint density at radius 2 is 2.05 bits per heavy atom. The van der Waals surface area contributed by atoms with Crippen molar-refractivity contribution < 1.29 is 19.0 Å². The van der Waals surface area contributed by atoms with Crippen LogP contribution in [0.2, 0.25) is 0 Å². The monoisotopic (exact) mass is 302 g/mol. The Balaban J connectivity index is 1.79. The first-order valence-corrected chi connectivity index (χ1v) is 6.94. The molecule has 5 nitrogen and oxygen atoms in total. The van der Waals surface area contributed by atoms with Crippen molar-refractivity contribution in [1.82, 2.24) is 4.90 Å². The van der Waals surface area contributed by atoms with Crippen LogP contribution in [0.3, 0.4) is 0 Å². The number of likely N-dealkylation sites (tertiary alicyclic amines) is 1. The number of rotatable bonds is 2. The Bertz CT molecular complexity index is 705. The third-order valence-electron chi connectivity index (χ3n) is 3.94. The van der Waals surface area contributed by atoms with E-state index in [0.717, 1.165) is 0 Å². The predicted octanol–water partition coefficient (Wildman–Crippen LogP) is 1.19. The summed E-state index contributed by atoms with van der Waals surface area (Å²) in [5.41, 5.74) is -0.331. The molecule has 0 saturated carbocycles. The van der Waals surface area contributed by atoms with Gasteiger partial charge in [0.25, 0.3) is 5.91 Å². The SMILES string of the molecule is O=C(c1ccc[n+]([O-])c1)N1CC[C@](O)(c2ccc(F)cc2)C1. The Hall–Kier alpha value is -2.47. The highest BCUT2D eigenvalue weighted by Crippen LogP contribution is 2.32. The van der Waals surface area contributed by atoms with Crippen molar-refractivity contribution >= 4 is 5.91 Å². The van der Waals surface area contributed by atoms with Crippen molar-refractivity contribution in [3.8, 4) is 0 Å². The minimum Gasteiger partial charge on any atom is -0.619 e. The summed E-state index contributed by atoms with van der Waals surface area (Å²) >= 11 is 0. The van der Waals surface area contributed by atoms with E-state index in [2.05, 4.69) is 0 Å². The number of halogens is 1. The van der Waals surface area contributed by atoms with Crippen LogP contribution in [0.25, 0.3) is 0 Å². The van der Waals surface area contributed by atoms with Crippen LogP contribution >= 0.6 is 0 Å². The van der Waals surface area contributed by atoms with Gasteiger partial charge in [0.1, 0.15) is 17.0 Å². The molecule has 22 heavy (non-hydrogen) atoms. The summed E-state index contributed by atoms with van der Waals surface area (Å²) in [4.78, 5) is 13.9. The van der Waals surface area contributed by atoms with Crippen LogP contribution in [0.5, 0.6) is 0 Å². The second kappa shape index (κ2) is 5.38. The molecule has 3 rings (SSSR count). The molecular weight excluding hydrogens is 287 g/mol. The zero-order valence-corrected chi connectivity index (χ0v) is 11.8. The molecular formula is C16H15FN2O3. The van der Waals surface area contributed by atoms with Gasteiger partial charge in [-0.15, -0.1) is 0 Å². The summed E-state index contributed by atoms with van der Waals surface area (Å²) in [6, 6.07) is 8.69. The summed E-state index contributed by atoms with van der Waals surface area (Å²) in [5.74, 6) is -0.675. The topological polar surface area (TPSA) is 67.5 Å². The number of benzene rings is 1. The molecule has 1 aliphatic rings. The molecule has 1 amide bonds. The van der Waals surface area contributed by atoms with Crippen molar-refractivity contribution in [3.05, 3.63) is 70.9 Å². The van der Waals surface area contributed by atoms with Gasteiger partial charge in [0, 0.05) is 12.6 Å². The quantitative estimate of drug-likeness (QED) is 0.669. The number of hydrogen-bond donors (Lipinski definition) is 1. The van der Waals surface area contributed by atoms with Crippen molar-refractivity contribution in [1.29, 1.82) is 0 Å².